The summed E-state index contributed by atoms with van der Waals surface area (Å²) < 4.78 is 17.8. The van der Waals surface area contributed by atoms with Crippen molar-refractivity contribution in [1.82, 2.24) is 34.7 Å². The second kappa shape index (κ2) is 9.06. The summed E-state index contributed by atoms with van der Waals surface area (Å²) in [6.07, 6.45) is 5.05. The molecule has 1 aromatic carbocycles. The molecule has 0 fully saturated rings. The van der Waals surface area contributed by atoms with Crippen LogP contribution in [0.25, 0.3) is 33.5 Å². The first-order valence-corrected chi connectivity index (χ1v) is 10.8. The third-order valence-corrected chi connectivity index (χ3v) is 5.56. The Kier molecular flexibility index (Phi) is 5.79. The number of anilines is 1. The number of aromatic amines is 2. The summed E-state index contributed by atoms with van der Waals surface area (Å²) in [5.74, 6) is 1.95. The van der Waals surface area contributed by atoms with Crippen LogP contribution in [0.3, 0.4) is 0 Å². The number of methoxy groups -OCH3 is 3. The Hall–Kier alpha value is -4.45. The molecule has 0 aliphatic rings. The molecule has 12 nitrogen and oxygen atoms in total. The first kappa shape index (κ1) is 22.3. The molecule has 0 radical (unpaired) electrons. The molecule has 0 spiro atoms. The van der Waals surface area contributed by atoms with Crippen LogP contribution in [0.15, 0.2) is 41.6 Å². The number of aromatic nitrogens is 7. The molecular formula is C23H24N8O4. The first-order valence-electron chi connectivity index (χ1n) is 10.8. The lowest BCUT2D eigenvalue weighted by atomic mass is 10.1. The number of ether oxygens (including phenoxy) is 3. The molecule has 180 valence electrons. The largest absolute Gasteiger partial charge is 0.493 e. The number of nitrogens with one attached hydrogen (secondary N) is 3. The molecule has 1 unspecified atom stereocenters. The Morgan fingerprint density at radius 3 is 2.51 bits per heavy atom. The van der Waals surface area contributed by atoms with Crippen LogP contribution in [0.5, 0.6) is 11.5 Å². The maximum Gasteiger partial charge on any atom is 0.261 e. The second-order valence-electron chi connectivity index (χ2n) is 7.84. The van der Waals surface area contributed by atoms with Gasteiger partial charge in [-0.1, -0.05) is 0 Å². The quantitative estimate of drug-likeness (QED) is 0.307. The SMILES string of the molecule is COCC(Nc1c(-c2nc3cc(OC)c(OC)cc3[nH]2)c(=O)[nH]c2cn(C)nc12)c1ncccn1. The lowest BCUT2D eigenvalue weighted by Crippen LogP contribution is -2.22. The lowest BCUT2D eigenvalue weighted by Gasteiger charge is -2.19. The normalized spacial score (nSPS) is 12.2. The van der Waals surface area contributed by atoms with Crippen LogP contribution in [-0.4, -0.2) is 62.6 Å². The van der Waals surface area contributed by atoms with Gasteiger partial charge in [0, 0.05) is 44.9 Å². The predicted molar refractivity (Wildman–Crippen MR) is 130 cm³/mol. The molecule has 0 amide bonds. The number of imidazole rings is 1. The number of aryl methyl sites for hydroxylation is 1. The highest BCUT2D eigenvalue weighted by molar-refractivity contribution is 5.96. The highest BCUT2D eigenvalue weighted by Gasteiger charge is 2.24. The molecule has 4 heterocycles. The Morgan fingerprint density at radius 2 is 1.80 bits per heavy atom. The third-order valence-electron chi connectivity index (χ3n) is 5.56. The van der Waals surface area contributed by atoms with E-state index in [1.165, 1.54) is 0 Å². The predicted octanol–water partition coefficient (Wildman–Crippen LogP) is 2.41. The zero-order chi connectivity index (χ0) is 24.5. The zero-order valence-corrected chi connectivity index (χ0v) is 19.6. The van der Waals surface area contributed by atoms with Crippen molar-refractivity contribution in [2.45, 2.75) is 6.04 Å². The fourth-order valence-electron chi connectivity index (χ4n) is 4.02. The summed E-state index contributed by atoms with van der Waals surface area (Å²) in [6, 6.07) is 4.81. The van der Waals surface area contributed by atoms with Gasteiger partial charge in [-0.3, -0.25) is 9.48 Å². The van der Waals surface area contributed by atoms with Gasteiger partial charge in [0.05, 0.1) is 43.1 Å². The van der Waals surface area contributed by atoms with Crippen LogP contribution in [0.4, 0.5) is 5.69 Å². The van der Waals surface area contributed by atoms with E-state index in [0.29, 0.717) is 56.5 Å². The van der Waals surface area contributed by atoms with Crippen molar-refractivity contribution >= 4 is 27.8 Å². The minimum atomic E-state index is -0.448. The number of nitrogens with zero attached hydrogens (tertiary/aromatic N) is 5. The zero-order valence-electron chi connectivity index (χ0n) is 19.6. The van der Waals surface area contributed by atoms with Crippen molar-refractivity contribution in [3.05, 3.63) is 53.0 Å². The molecule has 0 saturated heterocycles. The van der Waals surface area contributed by atoms with Crippen molar-refractivity contribution < 1.29 is 14.2 Å². The standard InChI is InChI=1S/C23H24N8O4/c1-31-10-14-19(30-31)20(26-15(11-33-2)21-24-6-5-7-25-21)18(23(32)29-14)22-27-12-8-16(34-3)17(35-4)9-13(12)28-22/h5-10,15,26H,11H2,1-4H3,(H,27,28)(H,29,32). The number of H-pyrrole nitrogens is 2. The molecular weight excluding hydrogens is 452 g/mol. The van der Waals surface area contributed by atoms with Crippen molar-refractivity contribution in [2.75, 3.05) is 33.3 Å². The van der Waals surface area contributed by atoms with Gasteiger partial charge >= 0.3 is 0 Å². The van der Waals surface area contributed by atoms with Gasteiger partial charge in [-0.25, -0.2) is 15.0 Å². The van der Waals surface area contributed by atoms with Gasteiger partial charge in [0.25, 0.3) is 5.56 Å². The summed E-state index contributed by atoms with van der Waals surface area (Å²) in [5, 5.41) is 7.97. The van der Waals surface area contributed by atoms with Crippen molar-refractivity contribution in [3.63, 3.8) is 0 Å². The van der Waals surface area contributed by atoms with Gasteiger partial charge in [-0.05, 0) is 6.07 Å². The van der Waals surface area contributed by atoms with Crippen LogP contribution >= 0.6 is 0 Å². The van der Waals surface area contributed by atoms with E-state index in [0.717, 1.165) is 0 Å². The van der Waals surface area contributed by atoms with Crippen LogP contribution in [0.1, 0.15) is 11.9 Å². The Labute approximate surface area is 199 Å². The average molecular weight is 476 g/mol. The van der Waals surface area contributed by atoms with Gasteiger partial charge in [0.2, 0.25) is 0 Å². The first-order chi connectivity index (χ1) is 17.0. The molecule has 0 saturated carbocycles. The lowest BCUT2D eigenvalue weighted by molar-refractivity contribution is 0.184. The van der Waals surface area contributed by atoms with Gasteiger partial charge in [0.1, 0.15) is 22.9 Å². The van der Waals surface area contributed by atoms with E-state index in [1.54, 1.807) is 69.8 Å². The van der Waals surface area contributed by atoms with E-state index in [2.05, 4.69) is 35.3 Å². The Balaban J connectivity index is 1.72. The number of benzene rings is 1. The van der Waals surface area contributed by atoms with E-state index < -0.39 is 6.04 Å². The minimum Gasteiger partial charge on any atom is -0.493 e. The van der Waals surface area contributed by atoms with Crippen LogP contribution < -0.4 is 20.3 Å². The summed E-state index contributed by atoms with van der Waals surface area (Å²) in [4.78, 5) is 32.9. The van der Waals surface area contributed by atoms with Crippen molar-refractivity contribution in [3.8, 4) is 22.9 Å². The summed E-state index contributed by atoms with van der Waals surface area (Å²) in [5.41, 5.74) is 2.88. The molecule has 12 heteroatoms. The minimum absolute atomic E-state index is 0.263. The van der Waals surface area contributed by atoms with Gasteiger partial charge in [-0.2, -0.15) is 5.10 Å². The molecule has 5 aromatic rings. The number of hydrogen-bond acceptors (Lipinski definition) is 9. The second-order valence-corrected chi connectivity index (χ2v) is 7.84. The molecule has 3 N–H and O–H groups in total. The van der Waals surface area contributed by atoms with Gasteiger partial charge in [-0.15, -0.1) is 0 Å². The number of hydrogen-bond donors (Lipinski definition) is 3. The van der Waals surface area contributed by atoms with E-state index in [1.807, 2.05) is 0 Å². The fraction of sp³-hybridized carbons (Fsp3) is 0.261. The topological polar surface area (TPSA) is 145 Å². The Bertz CT molecular complexity index is 1520. The highest BCUT2D eigenvalue weighted by Crippen LogP contribution is 2.35. The molecule has 35 heavy (non-hydrogen) atoms. The van der Waals surface area contributed by atoms with E-state index in [4.69, 9.17) is 14.2 Å². The smallest absolute Gasteiger partial charge is 0.261 e. The van der Waals surface area contributed by atoms with Crippen molar-refractivity contribution in [1.29, 1.82) is 0 Å². The van der Waals surface area contributed by atoms with Gasteiger partial charge in [0.15, 0.2) is 17.3 Å². The van der Waals surface area contributed by atoms with Crippen LogP contribution in [0.2, 0.25) is 0 Å². The molecule has 4 aromatic heterocycles. The summed E-state index contributed by atoms with van der Waals surface area (Å²) in [6.45, 7) is 0.263. The molecule has 0 bridgehead atoms. The van der Waals surface area contributed by atoms with Crippen LogP contribution in [0, 0.1) is 0 Å². The molecule has 0 aliphatic carbocycles. The monoisotopic (exact) mass is 476 g/mol. The summed E-state index contributed by atoms with van der Waals surface area (Å²) >= 11 is 0. The van der Waals surface area contributed by atoms with Crippen LogP contribution in [-0.2, 0) is 11.8 Å². The number of pyridine rings is 1. The average Bonchev–Trinajstić information content (AvgIpc) is 3.44. The maximum atomic E-state index is 13.4. The van der Waals surface area contributed by atoms with Crippen molar-refractivity contribution in [2.24, 2.45) is 7.05 Å². The fourth-order valence-corrected chi connectivity index (χ4v) is 4.02. The van der Waals surface area contributed by atoms with Gasteiger partial charge < -0.3 is 29.5 Å². The number of rotatable bonds is 8. The molecule has 5 rings (SSSR count). The van der Waals surface area contributed by atoms with E-state index in [9.17, 15) is 4.79 Å². The number of fused-ring (bicyclic) bond motifs is 2. The van der Waals surface area contributed by atoms with E-state index in [-0.39, 0.29) is 12.2 Å². The Morgan fingerprint density at radius 1 is 1.06 bits per heavy atom. The highest BCUT2D eigenvalue weighted by atomic mass is 16.5. The molecule has 1 atom stereocenters. The summed E-state index contributed by atoms with van der Waals surface area (Å²) in [7, 11) is 6.49. The van der Waals surface area contributed by atoms with E-state index >= 15 is 0 Å². The maximum absolute atomic E-state index is 13.4. The third kappa shape index (κ3) is 4.04. The molecule has 0 aliphatic heterocycles.